The molecule has 1 aromatic heterocycles. The lowest BCUT2D eigenvalue weighted by Crippen LogP contribution is -2.31. The minimum atomic E-state index is -0.348. The molecule has 2 N–H and O–H groups in total. The van der Waals surface area contributed by atoms with Crippen molar-refractivity contribution in [2.24, 2.45) is 13.0 Å². The van der Waals surface area contributed by atoms with Gasteiger partial charge in [0, 0.05) is 17.6 Å². The number of rotatable bonds is 10. The molecule has 0 fully saturated rings. The lowest BCUT2D eigenvalue weighted by Gasteiger charge is -2.20. The summed E-state index contributed by atoms with van der Waals surface area (Å²) in [4.78, 5) is 26.4. The molecule has 3 aromatic rings. The van der Waals surface area contributed by atoms with Gasteiger partial charge in [-0.25, -0.2) is 0 Å². The summed E-state index contributed by atoms with van der Waals surface area (Å²) in [5, 5.41) is 15.6. The summed E-state index contributed by atoms with van der Waals surface area (Å²) in [6.07, 6.45) is 2.67. The second-order valence-corrected chi connectivity index (χ2v) is 10.3. The number of carbonyl (C=O) groups excluding carboxylic acids is 2. The maximum atomic E-state index is 12.9. The topological polar surface area (TPSA) is 88.9 Å². The number of hydrogen-bond donors (Lipinski definition) is 2. The van der Waals surface area contributed by atoms with E-state index in [4.69, 9.17) is 11.6 Å². The predicted octanol–water partition coefficient (Wildman–Crippen LogP) is 5.44. The Morgan fingerprint density at radius 1 is 1.12 bits per heavy atom. The van der Waals surface area contributed by atoms with E-state index in [1.807, 2.05) is 42.1 Å². The van der Waals surface area contributed by atoms with Crippen LogP contribution < -0.4 is 10.6 Å². The maximum absolute atomic E-state index is 12.9. The minimum absolute atomic E-state index is 0.126. The molecular formula is C24H28ClN5O2S2. The third-order valence-corrected chi connectivity index (χ3v) is 7.07. The molecule has 0 aliphatic heterocycles. The third-order valence-electron chi connectivity index (χ3n) is 5.00. The highest BCUT2D eigenvalue weighted by molar-refractivity contribution is 7.99. The zero-order valence-corrected chi connectivity index (χ0v) is 21.9. The van der Waals surface area contributed by atoms with E-state index in [0.29, 0.717) is 33.9 Å². The summed E-state index contributed by atoms with van der Waals surface area (Å²) in [6.45, 7) is 4.16. The van der Waals surface area contributed by atoms with Gasteiger partial charge in [-0.1, -0.05) is 55.4 Å². The van der Waals surface area contributed by atoms with Gasteiger partial charge in [-0.05, 0) is 48.9 Å². The van der Waals surface area contributed by atoms with E-state index in [9.17, 15) is 9.59 Å². The van der Waals surface area contributed by atoms with E-state index >= 15 is 0 Å². The SMILES string of the molecule is CSc1cccc(NC(=O)CSc2nnc([C@@H](CC(C)C)NC(=O)c3ccccc3Cl)n2C)c1. The summed E-state index contributed by atoms with van der Waals surface area (Å²) >= 11 is 9.12. The van der Waals surface area contributed by atoms with Gasteiger partial charge in [0.05, 0.1) is 22.4 Å². The molecule has 2 aromatic carbocycles. The lowest BCUT2D eigenvalue weighted by molar-refractivity contribution is -0.113. The van der Waals surface area contributed by atoms with Gasteiger partial charge >= 0.3 is 0 Å². The first kappa shape index (κ1) is 26.1. The molecule has 0 unspecified atom stereocenters. The second-order valence-electron chi connectivity index (χ2n) is 8.10. The summed E-state index contributed by atoms with van der Waals surface area (Å²) in [7, 11) is 1.84. The molecule has 0 bridgehead atoms. The zero-order chi connectivity index (χ0) is 24.7. The summed E-state index contributed by atoms with van der Waals surface area (Å²) < 4.78 is 1.83. The van der Waals surface area contributed by atoms with Crippen molar-refractivity contribution in [3.63, 3.8) is 0 Å². The van der Waals surface area contributed by atoms with E-state index in [1.54, 1.807) is 36.0 Å². The molecular weight excluding hydrogens is 490 g/mol. The number of carbonyl (C=O) groups is 2. The Morgan fingerprint density at radius 3 is 2.59 bits per heavy atom. The van der Waals surface area contributed by atoms with Crippen LogP contribution in [0.4, 0.5) is 5.69 Å². The van der Waals surface area contributed by atoms with E-state index in [2.05, 4.69) is 34.7 Å². The van der Waals surface area contributed by atoms with Crippen molar-refractivity contribution >= 4 is 52.6 Å². The van der Waals surface area contributed by atoms with Gasteiger partial charge in [-0.2, -0.15) is 0 Å². The third kappa shape index (κ3) is 7.01. The van der Waals surface area contributed by atoms with Crippen molar-refractivity contribution < 1.29 is 9.59 Å². The molecule has 0 radical (unpaired) electrons. The van der Waals surface area contributed by atoms with Crippen LogP contribution >= 0.6 is 35.1 Å². The molecule has 0 aliphatic rings. The Kier molecular flexibility index (Phi) is 9.44. The monoisotopic (exact) mass is 517 g/mol. The van der Waals surface area contributed by atoms with Gasteiger partial charge in [-0.3, -0.25) is 9.59 Å². The number of nitrogens with one attached hydrogen (secondary N) is 2. The zero-order valence-electron chi connectivity index (χ0n) is 19.5. The fourth-order valence-corrected chi connectivity index (χ4v) is 4.76. The van der Waals surface area contributed by atoms with Gasteiger partial charge in [0.15, 0.2) is 11.0 Å². The smallest absolute Gasteiger partial charge is 0.253 e. The molecule has 0 spiro atoms. The van der Waals surface area contributed by atoms with Crippen LogP contribution in [0.25, 0.3) is 0 Å². The average molecular weight is 518 g/mol. The number of anilines is 1. The van der Waals surface area contributed by atoms with Gasteiger partial charge in [-0.15, -0.1) is 22.0 Å². The molecule has 34 heavy (non-hydrogen) atoms. The highest BCUT2D eigenvalue weighted by Gasteiger charge is 2.24. The van der Waals surface area contributed by atoms with Crippen LogP contribution in [0, 0.1) is 5.92 Å². The summed E-state index contributed by atoms with van der Waals surface area (Å²) in [5.74, 6) is 0.742. The van der Waals surface area contributed by atoms with Crippen molar-refractivity contribution in [2.45, 2.75) is 36.4 Å². The first-order chi connectivity index (χ1) is 16.3. The first-order valence-corrected chi connectivity index (χ1v) is 13.4. The number of halogens is 1. The van der Waals surface area contributed by atoms with Crippen molar-refractivity contribution in [2.75, 3.05) is 17.3 Å². The van der Waals surface area contributed by atoms with Gasteiger partial charge in [0.1, 0.15) is 0 Å². The number of nitrogens with zero attached hydrogens (tertiary/aromatic N) is 3. The number of aromatic nitrogens is 3. The van der Waals surface area contributed by atoms with E-state index in [-0.39, 0.29) is 23.6 Å². The van der Waals surface area contributed by atoms with Crippen LogP contribution in [0.5, 0.6) is 0 Å². The standard InChI is InChI=1S/C24H28ClN5O2S2/c1-15(2)12-20(27-23(32)18-10-5-6-11-19(18)25)22-28-29-24(30(22)3)34-14-21(31)26-16-8-7-9-17(13-16)33-4/h5-11,13,15,20H,12,14H2,1-4H3,(H,26,31)(H,27,32)/t20-/m1/s1. The number of hydrogen-bond acceptors (Lipinski definition) is 6. The van der Waals surface area contributed by atoms with E-state index in [1.165, 1.54) is 11.8 Å². The molecule has 180 valence electrons. The molecule has 7 nitrogen and oxygen atoms in total. The maximum Gasteiger partial charge on any atom is 0.253 e. The first-order valence-electron chi connectivity index (χ1n) is 10.8. The normalized spacial score (nSPS) is 11.9. The lowest BCUT2D eigenvalue weighted by atomic mass is 10.0. The molecule has 0 aliphatic carbocycles. The van der Waals surface area contributed by atoms with Crippen LogP contribution in [-0.4, -0.2) is 38.6 Å². The van der Waals surface area contributed by atoms with Crippen LogP contribution in [0.1, 0.15) is 42.5 Å². The second kappa shape index (κ2) is 12.3. The quantitative estimate of drug-likeness (QED) is 0.348. The molecule has 2 amide bonds. The summed E-state index contributed by atoms with van der Waals surface area (Å²) in [6, 6.07) is 14.3. The van der Waals surface area contributed by atoms with Crippen molar-refractivity contribution in [1.82, 2.24) is 20.1 Å². The number of amides is 2. The highest BCUT2D eigenvalue weighted by atomic mass is 35.5. The van der Waals surface area contributed by atoms with Crippen LogP contribution in [0.3, 0.4) is 0 Å². The molecule has 0 saturated heterocycles. The minimum Gasteiger partial charge on any atom is -0.342 e. The Morgan fingerprint density at radius 2 is 1.88 bits per heavy atom. The van der Waals surface area contributed by atoms with Crippen LogP contribution in [0.15, 0.2) is 58.6 Å². The molecule has 10 heteroatoms. The molecule has 0 saturated carbocycles. The Labute approximate surface area is 213 Å². The van der Waals surface area contributed by atoms with Gasteiger partial charge in [0.2, 0.25) is 5.91 Å². The van der Waals surface area contributed by atoms with Crippen molar-refractivity contribution in [3.05, 3.63) is 64.9 Å². The number of thioether (sulfide) groups is 2. The van der Waals surface area contributed by atoms with Gasteiger partial charge in [0.25, 0.3) is 5.91 Å². The molecule has 1 atom stereocenters. The molecule has 3 rings (SSSR count). The van der Waals surface area contributed by atoms with Crippen LogP contribution in [0.2, 0.25) is 5.02 Å². The van der Waals surface area contributed by atoms with E-state index < -0.39 is 0 Å². The van der Waals surface area contributed by atoms with Crippen molar-refractivity contribution in [1.29, 1.82) is 0 Å². The van der Waals surface area contributed by atoms with Crippen LogP contribution in [-0.2, 0) is 11.8 Å². The average Bonchev–Trinajstić information content (AvgIpc) is 3.17. The fourth-order valence-electron chi connectivity index (χ4n) is 3.36. The predicted molar refractivity (Wildman–Crippen MR) is 140 cm³/mol. The van der Waals surface area contributed by atoms with E-state index in [0.717, 1.165) is 10.6 Å². The largest absolute Gasteiger partial charge is 0.342 e. The Hall–Kier alpha value is -2.49. The Bertz CT molecular complexity index is 1150. The highest BCUT2D eigenvalue weighted by Crippen LogP contribution is 2.25. The number of benzene rings is 2. The fraction of sp³-hybridized carbons (Fsp3) is 0.333. The summed E-state index contributed by atoms with van der Waals surface area (Å²) in [5.41, 5.74) is 1.17. The molecule has 1 heterocycles. The Balaban J connectivity index is 1.68. The van der Waals surface area contributed by atoms with Crippen molar-refractivity contribution in [3.8, 4) is 0 Å². The van der Waals surface area contributed by atoms with Gasteiger partial charge < -0.3 is 15.2 Å².